The van der Waals surface area contributed by atoms with Gasteiger partial charge in [0.2, 0.25) is 0 Å². The van der Waals surface area contributed by atoms with Crippen molar-refractivity contribution in [1.29, 1.82) is 0 Å². The number of piperidine rings is 1. The minimum Gasteiger partial charge on any atom is -0.489 e. The lowest BCUT2D eigenvalue weighted by Crippen LogP contribution is -2.30. The first-order chi connectivity index (χ1) is 13.6. The van der Waals surface area contributed by atoms with Gasteiger partial charge in [0.15, 0.2) is 11.5 Å². The Balaban J connectivity index is 1.84. The molecule has 0 aliphatic carbocycles. The summed E-state index contributed by atoms with van der Waals surface area (Å²) in [5.41, 5.74) is 0.0393. The van der Waals surface area contributed by atoms with Gasteiger partial charge in [-0.25, -0.2) is 0 Å². The minimum absolute atomic E-state index is 0.0988. The summed E-state index contributed by atoms with van der Waals surface area (Å²) in [6.45, 7) is 1.85. The van der Waals surface area contributed by atoms with Crippen LogP contribution in [0.2, 0.25) is 0 Å². The van der Waals surface area contributed by atoms with Gasteiger partial charge in [-0.2, -0.15) is 13.2 Å². The van der Waals surface area contributed by atoms with Gasteiger partial charge in [-0.05, 0) is 67.2 Å². The number of rotatable bonds is 5. The van der Waals surface area contributed by atoms with Crippen LogP contribution >= 0.6 is 0 Å². The fraction of sp³-hybridized carbons (Fsp3) is 0.400. The molecule has 1 fully saturated rings. The lowest BCUT2D eigenvalue weighted by molar-refractivity contribution is -0.275. The number of hydrogen-bond donors (Lipinski definition) is 1. The van der Waals surface area contributed by atoms with Crippen LogP contribution in [-0.2, 0) is 6.18 Å². The maximum absolute atomic E-state index is 12.7. The van der Waals surface area contributed by atoms with Gasteiger partial charge in [0.1, 0.15) is 0 Å². The molecule has 0 aromatic heterocycles. The topological polar surface area (TPSA) is 30.5 Å². The normalized spacial score (nSPS) is 15.9. The monoisotopic (exact) mass is 419 g/mol. The molecule has 0 atom stereocenters. The Labute approximate surface area is 163 Å². The van der Waals surface area contributed by atoms with Crippen molar-refractivity contribution < 1.29 is 35.8 Å². The molecule has 0 radical (unpaired) electrons. The second kappa shape index (κ2) is 8.52. The van der Waals surface area contributed by atoms with Gasteiger partial charge in [-0.1, -0.05) is 18.2 Å². The third kappa shape index (κ3) is 6.03. The summed E-state index contributed by atoms with van der Waals surface area (Å²) in [6.07, 6.45) is -7.67. The Morgan fingerprint density at radius 2 is 1.45 bits per heavy atom. The molecule has 29 heavy (non-hydrogen) atoms. The van der Waals surface area contributed by atoms with Crippen molar-refractivity contribution in [3.63, 3.8) is 0 Å². The standard InChI is InChI=1S/C20H19F6NO2/c21-19(22,23)16-4-1-14(2-5-16)15-3-6-17(29-20(24,25)26)18(11-15)28-12-13-7-9-27-10-8-13/h1-6,11,13,27H,7-10,12H2. The number of halogens is 6. The molecular weight excluding hydrogens is 400 g/mol. The Kier molecular flexibility index (Phi) is 6.26. The van der Waals surface area contributed by atoms with E-state index in [4.69, 9.17) is 4.74 Å². The van der Waals surface area contributed by atoms with Crippen molar-refractivity contribution in [2.45, 2.75) is 25.4 Å². The van der Waals surface area contributed by atoms with Crippen LogP contribution < -0.4 is 14.8 Å². The molecule has 3 nitrogen and oxygen atoms in total. The highest BCUT2D eigenvalue weighted by atomic mass is 19.4. The molecule has 0 bridgehead atoms. The zero-order valence-corrected chi connectivity index (χ0v) is 15.2. The first-order valence-electron chi connectivity index (χ1n) is 9.03. The van der Waals surface area contributed by atoms with Gasteiger partial charge in [0.25, 0.3) is 0 Å². The molecule has 9 heteroatoms. The van der Waals surface area contributed by atoms with Crippen LogP contribution in [0.25, 0.3) is 11.1 Å². The number of ether oxygens (including phenoxy) is 2. The number of nitrogens with one attached hydrogen (secondary N) is 1. The van der Waals surface area contributed by atoms with Crippen LogP contribution in [0.4, 0.5) is 26.3 Å². The Bertz CT molecular complexity index is 811. The molecule has 1 aliphatic heterocycles. The van der Waals surface area contributed by atoms with E-state index in [1.807, 2.05) is 0 Å². The lowest BCUT2D eigenvalue weighted by Gasteiger charge is -2.23. The number of benzene rings is 2. The van der Waals surface area contributed by atoms with Gasteiger partial charge >= 0.3 is 12.5 Å². The maximum Gasteiger partial charge on any atom is 0.573 e. The average molecular weight is 419 g/mol. The first kappa shape index (κ1) is 21.3. The van der Waals surface area contributed by atoms with Crippen molar-refractivity contribution in [3.05, 3.63) is 48.0 Å². The van der Waals surface area contributed by atoms with Crippen LogP contribution in [0.3, 0.4) is 0 Å². The largest absolute Gasteiger partial charge is 0.573 e. The van der Waals surface area contributed by atoms with Gasteiger partial charge < -0.3 is 14.8 Å². The molecule has 2 aromatic rings. The van der Waals surface area contributed by atoms with Gasteiger partial charge in [0, 0.05) is 0 Å². The zero-order chi connectivity index (χ0) is 21.1. The van der Waals surface area contributed by atoms with E-state index in [9.17, 15) is 26.3 Å². The van der Waals surface area contributed by atoms with Crippen molar-refractivity contribution in [1.82, 2.24) is 5.32 Å². The summed E-state index contributed by atoms with van der Waals surface area (Å²) < 4.78 is 86.0. The molecular formula is C20H19F6NO2. The summed E-state index contributed by atoms with van der Waals surface area (Å²) in [7, 11) is 0. The van der Waals surface area contributed by atoms with Crippen LogP contribution in [-0.4, -0.2) is 26.1 Å². The van der Waals surface area contributed by atoms with E-state index in [0.29, 0.717) is 11.1 Å². The van der Waals surface area contributed by atoms with E-state index < -0.39 is 23.9 Å². The highest BCUT2D eigenvalue weighted by Crippen LogP contribution is 2.37. The molecule has 0 spiro atoms. The smallest absolute Gasteiger partial charge is 0.489 e. The number of alkyl halides is 6. The van der Waals surface area contributed by atoms with E-state index >= 15 is 0 Å². The second-order valence-electron chi connectivity index (χ2n) is 6.79. The predicted molar refractivity (Wildman–Crippen MR) is 94.7 cm³/mol. The fourth-order valence-corrected chi connectivity index (χ4v) is 3.12. The molecule has 1 N–H and O–H groups in total. The molecule has 3 rings (SSSR count). The Hall–Kier alpha value is -2.42. The first-order valence-corrected chi connectivity index (χ1v) is 9.03. The van der Waals surface area contributed by atoms with E-state index in [1.165, 1.54) is 24.3 Å². The molecule has 1 saturated heterocycles. The predicted octanol–water partition coefficient (Wildman–Crippen LogP) is 5.65. The summed E-state index contributed by atoms with van der Waals surface area (Å²) in [5.74, 6) is -0.384. The summed E-state index contributed by atoms with van der Waals surface area (Å²) in [4.78, 5) is 0. The van der Waals surface area contributed by atoms with Gasteiger partial charge in [-0.3, -0.25) is 0 Å². The highest BCUT2D eigenvalue weighted by Gasteiger charge is 2.33. The molecule has 158 valence electrons. The zero-order valence-electron chi connectivity index (χ0n) is 15.2. The van der Waals surface area contributed by atoms with E-state index in [1.54, 1.807) is 0 Å². The molecule has 1 heterocycles. The maximum atomic E-state index is 12.7. The SMILES string of the molecule is FC(F)(F)Oc1ccc(-c2ccc(C(F)(F)F)cc2)cc1OCC1CCNCC1. The van der Waals surface area contributed by atoms with E-state index in [2.05, 4.69) is 10.1 Å². The van der Waals surface area contributed by atoms with Crippen LogP contribution in [0.5, 0.6) is 11.5 Å². The minimum atomic E-state index is -4.89. The molecule has 0 saturated carbocycles. The van der Waals surface area contributed by atoms with Crippen molar-refractivity contribution >= 4 is 0 Å². The van der Waals surface area contributed by atoms with Crippen molar-refractivity contribution in [3.8, 4) is 22.6 Å². The highest BCUT2D eigenvalue weighted by molar-refractivity contribution is 5.67. The van der Waals surface area contributed by atoms with Crippen LogP contribution in [0.1, 0.15) is 18.4 Å². The molecule has 1 aliphatic rings. The summed E-state index contributed by atoms with van der Waals surface area (Å²) >= 11 is 0. The molecule has 0 unspecified atom stereocenters. The Morgan fingerprint density at radius 3 is 2.03 bits per heavy atom. The van der Waals surface area contributed by atoms with E-state index in [0.717, 1.165) is 44.1 Å². The molecule has 0 amide bonds. The average Bonchev–Trinajstić information content (AvgIpc) is 2.66. The second-order valence-corrected chi connectivity index (χ2v) is 6.79. The van der Waals surface area contributed by atoms with Gasteiger partial charge in [0.05, 0.1) is 12.2 Å². The third-order valence-electron chi connectivity index (χ3n) is 4.65. The summed E-state index contributed by atoms with van der Waals surface area (Å²) in [6, 6.07) is 8.18. The van der Waals surface area contributed by atoms with Crippen LogP contribution in [0, 0.1) is 5.92 Å². The van der Waals surface area contributed by atoms with Crippen LogP contribution in [0.15, 0.2) is 42.5 Å². The van der Waals surface area contributed by atoms with Gasteiger partial charge in [-0.15, -0.1) is 13.2 Å². The molecule has 2 aromatic carbocycles. The number of hydrogen-bond acceptors (Lipinski definition) is 3. The third-order valence-corrected chi connectivity index (χ3v) is 4.65. The van der Waals surface area contributed by atoms with E-state index in [-0.39, 0.29) is 18.3 Å². The fourth-order valence-electron chi connectivity index (χ4n) is 3.12. The van der Waals surface area contributed by atoms with Crippen molar-refractivity contribution in [2.75, 3.05) is 19.7 Å². The van der Waals surface area contributed by atoms with Crippen molar-refractivity contribution in [2.24, 2.45) is 5.92 Å². The lowest BCUT2D eigenvalue weighted by atomic mass is 9.99. The summed E-state index contributed by atoms with van der Waals surface area (Å²) in [5, 5.41) is 3.19. The quantitative estimate of drug-likeness (QED) is 0.636. The Morgan fingerprint density at radius 1 is 0.828 bits per heavy atom.